The van der Waals surface area contributed by atoms with Gasteiger partial charge in [0.2, 0.25) is 0 Å². The molecule has 2 saturated heterocycles. The van der Waals surface area contributed by atoms with E-state index in [4.69, 9.17) is 0 Å². The summed E-state index contributed by atoms with van der Waals surface area (Å²) < 4.78 is 0. The topological polar surface area (TPSA) is 56.4 Å². The molecule has 2 heterocycles. The molecule has 5 nitrogen and oxygen atoms in total. The number of rotatable bonds is 4. The average Bonchev–Trinajstić information content (AvgIpc) is 2.89. The Labute approximate surface area is 133 Å². The maximum absolute atomic E-state index is 12.2. The summed E-state index contributed by atoms with van der Waals surface area (Å²) in [7, 11) is 0. The molecule has 4 rings (SSSR count). The van der Waals surface area contributed by atoms with Gasteiger partial charge in [-0.15, -0.1) is 0 Å². The fourth-order valence-electron chi connectivity index (χ4n) is 4.68. The number of nitrogens with one attached hydrogen (secondary N) is 3. The van der Waals surface area contributed by atoms with Crippen molar-refractivity contribution in [2.45, 2.75) is 57.2 Å². The van der Waals surface area contributed by atoms with E-state index in [0.29, 0.717) is 23.8 Å². The number of nitrogens with zero attached hydrogens (tertiary/aromatic N) is 1. The number of carbonyl (C=O) groups excluding carboxylic acids is 1. The van der Waals surface area contributed by atoms with Crippen LogP contribution in [0.15, 0.2) is 0 Å². The van der Waals surface area contributed by atoms with Crippen LogP contribution in [0.1, 0.15) is 39.0 Å². The number of likely N-dealkylation sites (tertiary alicyclic amines) is 1. The van der Waals surface area contributed by atoms with Crippen LogP contribution in [0, 0.1) is 17.8 Å². The molecule has 2 saturated carbocycles. The lowest BCUT2D eigenvalue weighted by Gasteiger charge is -2.43. The Hall–Kier alpha value is -0.810. The molecule has 0 aromatic carbocycles. The fraction of sp³-hybridized carbons (Fsp3) is 0.941. The molecule has 0 aromatic rings. The predicted molar refractivity (Wildman–Crippen MR) is 86.7 cm³/mol. The number of piperidine rings is 2. The molecule has 0 radical (unpaired) electrons. The van der Waals surface area contributed by atoms with E-state index in [2.05, 4.69) is 27.8 Å². The van der Waals surface area contributed by atoms with E-state index in [-0.39, 0.29) is 12.1 Å². The van der Waals surface area contributed by atoms with Crippen molar-refractivity contribution in [1.29, 1.82) is 0 Å². The first kappa shape index (κ1) is 14.8. The summed E-state index contributed by atoms with van der Waals surface area (Å²) in [6.45, 7) is 6.77. The van der Waals surface area contributed by atoms with E-state index in [9.17, 15) is 4.79 Å². The van der Waals surface area contributed by atoms with Crippen molar-refractivity contribution in [1.82, 2.24) is 20.9 Å². The van der Waals surface area contributed by atoms with Gasteiger partial charge in [0.15, 0.2) is 0 Å². The van der Waals surface area contributed by atoms with Crippen molar-refractivity contribution in [2.75, 3.05) is 26.2 Å². The summed E-state index contributed by atoms with van der Waals surface area (Å²) in [4.78, 5) is 14.9. The second kappa shape index (κ2) is 6.00. The first-order valence-electron chi connectivity index (χ1n) is 9.24. The first-order chi connectivity index (χ1) is 10.7. The molecule has 5 atom stereocenters. The Morgan fingerprint density at radius 2 is 1.95 bits per heavy atom. The molecule has 4 fully saturated rings. The molecular formula is C17H30N4O. The lowest BCUT2D eigenvalue weighted by Crippen LogP contribution is -2.52. The van der Waals surface area contributed by atoms with Crippen molar-refractivity contribution >= 4 is 6.03 Å². The van der Waals surface area contributed by atoms with E-state index in [1.54, 1.807) is 0 Å². The van der Waals surface area contributed by atoms with Crippen LogP contribution < -0.4 is 16.0 Å². The molecule has 3 unspecified atom stereocenters. The number of amides is 2. The Bertz CT molecular complexity index is 415. The minimum atomic E-state index is 0.0488. The molecule has 124 valence electrons. The molecule has 4 aliphatic rings. The van der Waals surface area contributed by atoms with Crippen LogP contribution in [0.2, 0.25) is 0 Å². The van der Waals surface area contributed by atoms with Crippen molar-refractivity contribution in [2.24, 2.45) is 17.8 Å². The molecule has 22 heavy (non-hydrogen) atoms. The molecule has 3 N–H and O–H groups in total. The van der Waals surface area contributed by atoms with Gasteiger partial charge in [-0.05, 0) is 56.9 Å². The highest BCUT2D eigenvalue weighted by molar-refractivity contribution is 5.75. The quantitative estimate of drug-likeness (QED) is 0.730. The third-order valence-corrected chi connectivity index (χ3v) is 6.54. The summed E-state index contributed by atoms with van der Waals surface area (Å²) >= 11 is 0. The Balaban J connectivity index is 1.22. The number of carbonyl (C=O) groups is 1. The number of fused-ring (bicyclic) bond motifs is 1. The lowest BCUT2D eigenvalue weighted by atomic mass is 9.86. The smallest absolute Gasteiger partial charge is 0.315 e. The predicted octanol–water partition coefficient (Wildman–Crippen LogP) is 1.16. The molecule has 5 heteroatoms. The average molecular weight is 306 g/mol. The second-order valence-corrected chi connectivity index (χ2v) is 7.90. The second-order valence-electron chi connectivity index (χ2n) is 7.90. The summed E-state index contributed by atoms with van der Waals surface area (Å²) in [5, 5.41) is 9.75. The lowest BCUT2D eigenvalue weighted by molar-refractivity contribution is 0.0678. The number of urea groups is 1. The monoisotopic (exact) mass is 306 g/mol. The molecule has 0 spiro atoms. The zero-order valence-electron chi connectivity index (χ0n) is 13.7. The standard InChI is InChI=1S/C17H30N4O/c1-11(12-4-3-7-21(10-12)13-5-2-6-13)19-17(22)20-16-14-8-18-9-15(14)16/h11-16,18H,2-10H2,1H3,(H2,19,20,22)/t11?,12?,14-,15+,16?. The molecule has 0 bridgehead atoms. The van der Waals surface area contributed by atoms with Gasteiger partial charge in [0, 0.05) is 37.8 Å². The van der Waals surface area contributed by atoms with Crippen LogP contribution in [0.3, 0.4) is 0 Å². The Morgan fingerprint density at radius 3 is 2.64 bits per heavy atom. The van der Waals surface area contributed by atoms with Gasteiger partial charge < -0.3 is 20.9 Å². The zero-order valence-corrected chi connectivity index (χ0v) is 13.7. The molecular weight excluding hydrogens is 276 g/mol. The van der Waals surface area contributed by atoms with Gasteiger partial charge in [-0.25, -0.2) is 4.79 Å². The van der Waals surface area contributed by atoms with E-state index in [0.717, 1.165) is 19.1 Å². The maximum Gasteiger partial charge on any atom is 0.315 e. The normalized spacial score (nSPS) is 39.7. The van der Waals surface area contributed by atoms with Crippen LogP contribution in [0.25, 0.3) is 0 Å². The third kappa shape index (κ3) is 2.85. The minimum Gasteiger partial charge on any atom is -0.335 e. The van der Waals surface area contributed by atoms with E-state index < -0.39 is 0 Å². The van der Waals surface area contributed by atoms with Crippen LogP contribution >= 0.6 is 0 Å². The van der Waals surface area contributed by atoms with Crippen LogP contribution in [-0.4, -0.2) is 55.2 Å². The first-order valence-corrected chi connectivity index (χ1v) is 9.24. The maximum atomic E-state index is 12.2. The largest absolute Gasteiger partial charge is 0.335 e. The summed E-state index contributed by atoms with van der Waals surface area (Å²) in [5.41, 5.74) is 0. The van der Waals surface area contributed by atoms with Gasteiger partial charge >= 0.3 is 6.03 Å². The fourth-order valence-corrected chi connectivity index (χ4v) is 4.68. The van der Waals surface area contributed by atoms with Gasteiger partial charge in [-0.2, -0.15) is 0 Å². The van der Waals surface area contributed by atoms with E-state index in [1.165, 1.54) is 45.2 Å². The Kier molecular flexibility index (Phi) is 4.03. The van der Waals surface area contributed by atoms with Crippen molar-refractivity contribution < 1.29 is 4.79 Å². The van der Waals surface area contributed by atoms with Crippen LogP contribution in [-0.2, 0) is 0 Å². The summed E-state index contributed by atoms with van der Waals surface area (Å²) in [6, 6.07) is 1.58. The van der Waals surface area contributed by atoms with Gasteiger partial charge in [0.25, 0.3) is 0 Å². The molecule has 2 amide bonds. The van der Waals surface area contributed by atoms with Crippen LogP contribution in [0.5, 0.6) is 0 Å². The van der Waals surface area contributed by atoms with Crippen molar-refractivity contribution in [3.05, 3.63) is 0 Å². The zero-order chi connectivity index (χ0) is 15.1. The number of hydrogen-bond donors (Lipinski definition) is 3. The SMILES string of the molecule is CC(NC(=O)NC1[C@H]2CNC[C@@H]12)C1CCCN(C2CCC2)C1. The van der Waals surface area contributed by atoms with Crippen molar-refractivity contribution in [3.8, 4) is 0 Å². The van der Waals surface area contributed by atoms with Gasteiger partial charge in [0.05, 0.1) is 0 Å². The highest BCUT2D eigenvalue weighted by Gasteiger charge is 2.53. The highest BCUT2D eigenvalue weighted by Crippen LogP contribution is 2.41. The summed E-state index contributed by atoms with van der Waals surface area (Å²) in [5.74, 6) is 1.98. The Morgan fingerprint density at radius 1 is 1.18 bits per heavy atom. The summed E-state index contributed by atoms with van der Waals surface area (Å²) in [6.07, 6.45) is 6.71. The van der Waals surface area contributed by atoms with E-state index >= 15 is 0 Å². The highest BCUT2D eigenvalue weighted by atomic mass is 16.2. The van der Waals surface area contributed by atoms with Gasteiger partial charge in [-0.3, -0.25) is 0 Å². The minimum absolute atomic E-state index is 0.0488. The van der Waals surface area contributed by atoms with E-state index in [1.807, 2.05) is 0 Å². The van der Waals surface area contributed by atoms with Crippen molar-refractivity contribution in [3.63, 3.8) is 0 Å². The molecule has 0 aromatic heterocycles. The third-order valence-electron chi connectivity index (χ3n) is 6.54. The molecule has 2 aliphatic carbocycles. The van der Waals surface area contributed by atoms with Gasteiger partial charge in [-0.1, -0.05) is 6.42 Å². The molecule has 2 aliphatic heterocycles. The van der Waals surface area contributed by atoms with Crippen LogP contribution in [0.4, 0.5) is 4.79 Å². The number of hydrogen-bond acceptors (Lipinski definition) is 3. The van der Waals surface area contributed by atoms with Gasteiger partial charge in [0.1, 0.15) is 0 Å².